The van der Waals surface area contributed by atoms with Gasteiger partial charge in [0.2, 0.25) is 0 Å². The maximum atomic E-state index is 2.40. The average molecular weight is 404 g/mol. The van der Waals surface area contributed by atoms with Gasteiger partial charge in [0.05, 0.1) is 27.2 Å². The van der Waals surface area contributed by atoms with Crippen LogP contribution in [0.1, 0.15) is 136 Å². The summed E-state index contributed by atoms with van der Waals surface area (Å²) >= 11 is 0. The van der Waals surface area contributed by atoms with Crippen molar-refractivity contribution in [3.8, 4) is 0 Å². The van der Waals surface area contributed by atoms with Crippen molar-refractivity contribution in [2.24, 2.45) is 0 Å². The van der Waals surface area contributed by atoms with Crippen LogP contribution in [0.2, 0.25) is 0 Å². The van der Waals surface area contributed by atoms with Gasteiger partial charge in [-0.2, -0.15) is 0 Å². The monoisotopic (exact) mass is 403 g/mol. The second kappa shape index (κ2) is 21.0. The Labute approximate surface area is 180 Å². The molecule has 0 saturated heterocycles. The molecule has 0 heterocycles. The third kappa shape index (κ3) is 20.8. The number of halogens is 1. The van der Waals surface area contributed by atoms with Crippen molar-refractivity contribution in [2.45, 2.75) is 142 Å². The highest BCUT2D eigenvalue weighted by Gasteiger charge is 2.22. The maximum absolute atomic E-state index is 2.40. The lowest BCUT2D eigenvalue weighted by Gasteiger charge is -2.34. The fourth-order valence-electron chi connectivity index (χ4n) is 4.12. The van der Waals surface area contributed by atoms with Gasteiger partial charge in [0.1, 0.15) is 0 Å². The number of hydrogen-bond acceptors (Lipinski definition) is 0. The van der Waals surface area contributed by atoms with Gasteiger partial charge in [-0.1, -0.05) is 110 Å². The Balaban J connectivity index is 0. The molecule has 2 heteroatoms. The van der Waals surface area contributed by atoms with Gasteiger partial charge in [-0.15, -0.1) is 0 Å². The van der Waals surface area contributed by atoms with Gasteiger partial charge < -0.3 is 16.9 Å². The van der Waals surface area contributed by atoms with E-state index in [0.29, 0.717) is 0 Å². The standard InChI is InChI=1S/C25H54N.ClH/c1-6-8-10-12-13-14-15-16-17-18-20-22-24-25(26(3,4)5)23-21-19-11-9-7-2;/h25H,6-24H2,1-5H3;1H/q+1;/p-1. The van der Waals surface area contributed by atoms with E-state index in [-0.39, 0.29) is 12.4 Å². The Bertz CT molecular complexity index is 272. The summed E-state index contributed by atoms with van der Waals surface area (Å²) in [5, 5.41) is 0. The Hall–Kier alpha value is 0.250. The smallest absolute Gasteiger partial charge is 0.0884 e. The lowest BCUT2D eigenvalue weighted by Crippen LogP contribution is -3.00. The van der Waals surface area contributed by atoms with Gasteiger partial charge in [-0.05, 0) is 25.7 Å². The minimum absolute atomic E-state index is 0. The van der Waals surface area contributed by atoms with E-state index in [0.717, 1.165) is 10.5 Å². The van der Waals surface area contributed by atoms with Crippen molar-refractivity contribution in [1.82, 2.24) is 0 Å². The van der Waals surface area contributed by atoms with E-state index >= 15 is 0 Å². The SMILES string of the molecule is CCCCCCCCCCCCCCC(CCCCCCC)[N+](C)(C)C.[Cl-]. The molecule has 1 atom stereocenters. The van der Waals surface area contributed by atoms with Crippen LogP contribution < -0.4 is 12.4 Å². The molecule has 0 aromatic carbocycles. The lowest BCUT2D eigenvalue weighted by atomic mass is 9.98. The number of hydrogen-bond donors (Lipinski definition) is 0. The van der Waals surface area contributed by atoms with Gasteiger partial charge in [0.15, 0.2) is 0 Å². The summed E-state index contributed by atoms with van der Waals surface area (Å²) in [6.45, 7) is 4.61. The third-order valence-corrected chi connectivity index (χ3v) is 6.13. The summed E-state index contributed by atoms with van der Waals surface area (Å²) in [5.74, 6) is 0. The summed E-state index contributed by atoms with van der Waals surface area (Å²) in [4.78, 5) is 0. The quantitative estimate of drug-likeness (QED) is 0.185. The molecule has 0 spiro atoms. The number of nitrogens with zero attached hydrogens (tertiary/aromatic N) is 1. The molecule has 0 saturated carbocycles. The van der Waals surface area contributed by atoms with Gasteiger partial charge in [0, 0.05) is 0 Å². The van der Waals surface area contributed by atoms with Gasteiger partial charge >= 0.3 is 0 Å². The first-order chi connectivity index (χ1) is 12.5. The maximum Gasteiger partial charge on any atom is 0.0884 e. The van der Waals surface area contributed by atoms with Crippen molar-refractivity contribution in [3.05, 3.63) is 0 Å². The lowest BCUT2D eigenvalue weighted by molar-refractivity contribution is -0.896. The summed E-state index contributed by atoms with van der Waals surface area (Å²) in [6, 6.07) is 0.875. The highest BCUT2D eigenvalue weighted by Crippen LogP contribution is 2.20. The van der Waals surface area contributed by atoms with Gasteiger partial charge in [-0.3, -0.25) is 0 Å². The molecule has 0 radical (unpaired) electrons. The Morgan fingerprint density at radius 1 is 0.444 bits per heavy atom. The van der Waals surface area contributed by atoms with Crippen LogP contribution in [-0.4, -0.2) is 31.7 Å². The zero-order chi connectivity index (χ0) is 19.5. The number of unbranched alkanes of at least 4 members (excludes halogenated alkanes) is 15. The van der Waals surface area contributed by atoms with E-state index in [9.17, 15) is 0 Å². The van der Waals surface area contributed by atoms with Crippen LogP contribution >= 0.6 is 0 Å². The molecule has 27 heavy (non-hydrogen) atoms. The van der Waals surface area contributed by atoms with Gasteiger partial charge in [0.25, 0.3) is 0 Å². The molecule has 0 aromatic heterocycles. The van der Waals surface area contributed by atoms with Crippen LogP contribution in [0.3, 0.4) is 0 Å². The number of quaternary nitrogens is 1. The van der Waals surface area contributed by atoms with Crippen molar-refractivity contribution < 1.29 is 16.9 Å². The zero-order valence-electron chi connectivity index (χ0n) is 19.8. The summed E-state index contributed by atoms with van der Waals surface area (Å²) < 4.78 is 1.16. The highest BCUT2D eigenvalue weighted by atomic mass is 35.5. The second-order valence-electron chi connectivity index (χ2n) is 9.65. The molecule has 0 amide bonds. The molecular formula is C25H54ClN. The highest BCUT2D eigenvalue weighted by molar-refractivity contribution is 4.60. The van der Waals surface area contributed by atoms with Gasteiger partial charge in [-0.25, -0.2) is 0 Å². The molecule has 0 aliphatic heterocycles. The zero-order valence-corrected chi connectivity index (χ0v) is 20.6. The van der Waals surface area contributed by atoms with Crippen molar-refractivity contribution in [2.75, 3.05) is 21.1 Å². The van der Waals surface area contributed by atoms with Crippen LogP contribution in [-0.2, 0) is 0 Å². The largest absolute Gasteiger partial charge is 1.00 e. The predicted molar refractivity (Wildman–Crippen MR) is 121 cm³/mol. The molecule has 166 valence electrons. The minimum Gasteiger partial charge on any atom is -1.00 e. The molecule has 0 N–H and O–H groups in total. The molecular weight excluding hydrogens is 350 g/mol. The summed E-state index contributed by atoms with van der Waals surface area (Å²) in [6.07, 6.45) is 27.5. The minimum atomic E-state index is 0. The average Bonchev–Trinajstić information content (AvgIpc) is 2.59. The summed E-state index contributed by atoms with van der Waals surface area (Å²) in [5.41, 5.74) is 0. The second-order valence-corrected chi connectivity index (χ2v) is 9.65. The molecule has 0 bridgehead atoms. The van der Waals surface area contributed by atoms with Crippen LogP contribution in [0.25, 0.3) is 0 Å². The van der Waals surface area contributed by atoms with E-state index in [1.165, 1.54) is 122 Å². The van der Waals surface area contributed by atoms with Crippen molar-refractivity contribution >= 4 is 0 Å². The Morgan fingerprint density at radius 3 is 0.963 bits per heavy atom. The van der Waals surface area contributed by atoms with Crippen LogP contribution in [0.4, 0.5) is 0 Å². The van der Waals surface area contributed by atoms with Crippen molar-refractivity contribution in [1.29, 1.82) is 0 Å². The van der Waals surface area contributed by atoms with E-state index in [1.54, 1.807) is 0 Å². The van der Waals surface area contributed by atoms with E-state index in [1.807, 2.05) is 0 Å². The first-order valence-corrected chi connectivity index (χ1v) is 12.3. The van der Waals surface area contributed by atoms with E-state index in [4.69, 9.17) is 0 Å². The normalized spacial score (nSPS) is 12.8. The molecule has 0 rings (SSSR count). The molecule has 1 unspecified atom stereocenters. The Kier molecular flexibility index (Phi) is 22.9. The molecule has 1 nitrogen and oxygen atoms in total. The fraction of sp³-hybridized carbons (Fsp3) is 1.00. The molecule has 0 aliphatic rings. The first kappa shape index (κ1) is 29.5. The Morgan fingerprint density at radius 2 is 0.704 bits per heavy atom. The van der Waals surface area contributed by atoms with Crippen LogP contribution in [0.5, 0.6) is 0 Å². The molecule has 0 aromatic rings. The predicted octanol–water partition coefficient (Wildman–Crippen LogP) is 5.52. The summed E-state index contributed by atoms with van der Waals surface area (Å²) in [7, 11) is 7.20. The number of rotatable bonds is 20. The van der Waals surface area contributed by atoms with Crippen LogP contribution in [0, 0.1) is 0 Å². The third-order valence-electron chi connectivity index (χ3n) is 6.13. The first-order valence-electron chi connectivity index (χ1n) is 12.3. The molecule has 0 fully saturated rings. The van der Waals surface area contributed by atoms with E-state index < -0.39 is 0 Å². The topological polar surface area (TPSA) is 0 Å². The fourth-order valence-corrected chi connectivity index (χ4v) is 4.12. The van der Waals surface area contributed by atoms with Crippen LogP contribution in [0.15, 0.2) is 0 Å². The molecule has 0 aliphatic carbocycles. The van der Waals surface area contributed by atoms with E-state index in [2.05, 4.69) is 35.0 Å². The van der Waals surface area contributed by atoms with Crippen molar-refractivity contribution in [3.63, 3.8) is 0 Å².